The van der Waals surface area contributed by atoms with Crippen LogP contribution in [0.3, 0.4) is 0 Å². The number of rotatable bonds is 0. The number of hydrogen-bond acceptors (Lipinski definition) is 3. The fraction of sp³-hybridized carbons (Fsp3) is 0. The highest BCUT2D eigenvalue weighted by atomic mass is 35.5. The Bertz CT molecular complexity index is 404. The Balaban J connectivity index is 0.000000213. The Morgan fingerprint density at radius 1 is 1.43 bits per heavy atom. The smallest absolute Gasteiger partial charge is 0.401 e. The van der Waals surface area contributed by atoms with Crippen LogP contribution in [0.4, 0.5) is 4.79 Å². The molecule has 1 aromatic carbocycles. The molecule has 14 heavy (non-hydrogen) atoms. The van der Waals surface area contributed by atoms with Crippen molar-refractivity contribution in [3.63, 3.8) is 0 Å². The van der Waals surface area contributed by atoms with Gasteiger partial charge in [-0.3, -0.25) is 0 Å². The van der Waals surface area contributed by atoms with Gasteiger partial charge in [-0.25, -0.2) is 4.79 Å². The van der Waals surface area contributed by atoms with Crippen molar-refractivity contribution in [2.75, 3.05) is 0 Å². The van der Waals surface area contributed by atoms with Crippen LogP contribution in [-0.2, 0) is 0 Å². The molecule has 0 saturated carbocycles. The molecule has 0 bridgehead atoms. The molecule has 1 heterocycles. The van der Waals surface area contributed by atoms with Crippen molar-refractivity contribution in [1.29, 1.82) is 0 Å². The van der Waals surface area contributed by atoms with E-state index in [-0.39, 0.29) is 5.35 Å². The van der Waals surface area contributed by atoms with E-state index in [9.17, 15) is 0 Å². The molecular weight excluding hydrogens is 229 g/mol. The second-order valence-corrected chi connectivity index (χ2v) is 2.83. The van der Waals surface area contributed by atoms with Gasteiger partial charge in [0, 0.05) is 11.6 Å². The first-order valence-electron chi connectivity index (χ1n) is 3.49. The number of nitrogens with zero attached hydrogens (tertiary/aromatic N) is 1. The van der Waals surface area contributed by atoms with E-state index in [0.29, 0.717) is 0 Å². The summed E-state index contributed by atoms with van der Waals surface area (Å²) >= 11 is 9.70. The third kappa shape index (κ3) is 3.24. The standard InChI is InChI=1S/C7H4ClNO.CHClO2/c8-7-9-5-3-1-2-4-6(5)10-7;2-1(3)4/h1-4H;(H,3,4). The zero-order chi connectivity index (χ0) is 10.6. The van der Waals surface area contributed by atoms with E-state index in [2.05, 4.69) is 16.6 Å². The molecule has 0 atom stereocenters. The average Bonchev–Trinajstić information content (AvgIpc) is 2.42. The minimum Gasteiger partial charge on any atom is -0.469 e. The lowest BCUT2D eigenvalue weighted by molar-refractivity contribution is 0.220. The minimum absolute atomic E-state index is 0.196. The van der Waals surface area contributed by atoms with Gasteiger partial charge in [-0.1, -0.05) is 12.1 Å². The first kappa shape index (κ1) is 10.8. The third-order valence-electron chi connectivity index (χ3n) is 1.27. The second-order valence-electron chi connectivity index (χ2n) is 2.19. The Kier molecular flexibility index (Phi) is 3.73. The monoisotopic (exact) mass is 233 g/mol. The van der Waals surface area contributed by atoms with Gasteiger partial charge in [0.15, 0.2) is 5.58 Å². The normalized spacial score (nSPS) is 9.29. The molecule has 0 aliphatic heterocycles. The summed E-state index contributed by atoms with van der Waals surface area (Å²) in [6.45, 7) is 0. The quantitative estimate of drug-likeness (QED) is 0.709. The van der Waals surface area contributed by atoms with Crippen LogP contribution in [0.1, 0.15) is 0 Å². The van der Waals surface area contributed by atoms with E-state index in [0.717, 1.165) is 11.1 Å². The Morgan fingerprint density at radius 3 is 2.57 bits per heavy atom. The van der Waals surface area contributed by atoms with Crippen LogP contribution in [0, 0.1) is 0 Å². The fourth-order valence-electron chi connectivity index (χ4n) is 0.844. The summed E-state index contributed by atoms with van der Waals surface area (Å²) in [6, 6.07) is 7.45. The molecule has 74 valence electrons. The maximum absolute atomic E-state index is 8.77. The zero-order valence-corrected chi connectivity index (χ0v) is 8.29. The summed E-state index contributed by atoms with van der Waals surface area (Å²) in [7, 11) is 0. The predicted molar refractivity (Wildman–Crippen MR) is 52.9 cm³/mol. The molecule has 6 heteroatoms. The topological polar surface area (TPSA) is 63.3 Å². The number of carbonyl (C=O) groups is 1. The lowest BCUT2D eigenvalue weighted by atomic mass is 10.3. The molecule has 0 saturated heterocycles. The van der Waals surface area contributed by atoms with Crippen molar-refractivity contribution in [2.24, 2.45) is 0 Å². The largest absolute Gasteiger partial charge is 0.469 e. The number of oxazole rings is 1. The summed E-state index contributed by atoms with van der Waals surface area (Å²) in [5.41, 5.74) is 0.167. The number of hydrogen-bond donors (Lipinski definition) is 1. The average molecular weight is 234 g/mol. The SMILES string of the molecule is Clc1nc2ccccc2o1.O=C(O)Cl. The van der Waals surface area contributed by atoms with E-state index < -0.39 is 5.43 Å². The Morgan fingerprint density at radius 2 is 2.00 bits per heavy atom. The first-order valence-corrected chi connectivity index (χ1v) is 4.24. The predicted octanol–water partition coefficient (Wildman–Crippen LogP) is 3.38. The maximum Gasteiger partial charge on any atom is 0.401 e. The molecule has 0 amide bonds. The highest BCUT2D eigenvalue weighted by molar-refractivity contribution is 6.60. The molecule has 0 fully saturated rings. The molecular formula is C8H5Cl2NO3. The van der Waals surface area contributed by atoms with Crippen molar-refractivity contribution in [2.45, 2.75) is 0 Å². The van der Waals surface area contributed by atoms with Crippen molar-refractivity contribution in [3.05, 3.63) is 29.6 Å². The highest BCUT2D eigenvalue weighted by Crippen LogP contribution is 2.17. The molecule has 0 aliphatic carbocycles. The van der Waals surface area contributed by atoms with Gasteiger partial charge < -0.3 is 9.52 Å². The molecule has 1 aromatic heterocycles. The number of para-hydroxylation sites is 2. The van der Waals surface area contributed by atoms with Crippen molar-refractivity contribution >= 4 is 39.7 Å². The molecule has 0 spiro atoms. The fourth-order valence-corrected chi connectivity index (χ4v) is 1.02. The van der Waals surface area contributed by atoms with Crippen molar-refractivity contribution in [1.82, 2.24) is 4.98 Å². The van der Waals surface area contributed by atoms with Crippen LogP contribution < -0.4 is 0 Å². The van der Waals surface area contributed by atoms with Gasteiger partial charge in [-0.05, 0) is 23.7 Å². The lowest BCUT2D eigenvalue weighted by Gasteiger charge is -1.79. The van der Waals surface area contributed by atoms with Crippen LogP contribution in [0.25, 0.3) is 11.1 Å². The van der Waals surface area contributed by atoms with Crippen LogP contribution in [0.15, 0.2) is 28.7 Å². The van der Waals surface area contributed by atoms with Gasteiger partial charge in [0.1, 0.15) is 5.52 Å². The number of carboxylic acid groups (broad SMARTS) is 1. The Labute approximate surface area is 89.1 Å². The Hall–Kier alpha value is -1.26. The second kappa shape index (κ2) is 4.83. The van der Waals surface area contributed by atoms with Gasteiger partial charge in [0.25, 0.3) is 5.35 Å². The summed E-state index contributed by atoms with van der Waals surface area (Å²) in [5, 5.41) is 7.38. The number of fused-ring (bicyclic) bond motifs is 1. The van der Waals surface area contributed by atoms with Crippen LogP contribution >= 0.6 is 23.2 Å². The summed E-state index contributed by atoms with van der Waals surface area (Å²) in [6.07, 6.45) is 0. The number of benzene rings is 1. The van der Waals surface area contributed by atoms with Crippen LogP contribution in [0.5, 0.6) is 0 Å². The molecule has 1 N–H and O–H groups in total. The van der Waals surface area contributed by atoms with E-state index in [1.54, 1.807) is 0 Å². The van der Waals surface area contributed by atoms with Crippen molar-refractivity contribution < 1.29 is 14.3 Å². The van der Waals surface area contributed by atoms with E-state index in [1.165, 1.54) is 0 Å². The third-order valence-corrected chi connectivity index (χ3v) is 1.43. The van der Waals surface area contributed by atoms with E-state index >= 15 is 0 Å². The summed E-state index contributed by atoms with van der Waals surface area (Å²) < 4.78 is 5.02. The zero-order valence-electron chi connectivity index (χ0n) is 6.78. The van der Waals surface area contributed by atoms with E-state index in [1.807, 2.05) is 24.3 Å². The molecule has 2 aromatic rings. The minimum atomic E-state index is -1.36. The van der Waals surface area contributed by atoms with Gasteiger partial charge in [-0.15, -0.1) is 0 Å². The van der Waals surface area contributed by atoms with Gasteiger partial charge >= 0.3 is 5.43 Å². The molecule has 0 radical (unpaired) electrons. The maximum atomic E-state index is 8.77. The van der Waals surface area contributed by atoms with Crippen molar-refractivity contribution in [3.8, 4) is 0 Å². The lowest BCUT2D eigenvalue weighted by Crippen LogP contribution is -1.66. The first-order chi connectivity index (χ1) is 6.59. The van der Waals surface area contributed by atoms with E-state index in [4.69, 9.17) is 25.9 Å². The highest BCUT2D eigenvalue weighted by Gasteiger charge is 1.99. The molecule has 2 rings (SSSR count). The van der Waals surface area contributed by atoms with Crippen LogP contribution in [-0.4, -0.2) is 15.5 Å². The summed E-state index contributed by atoms with van der Waals surface area (Å²) in [4.78, 5) is 12.7. The van der Waals surface area contributed by atoms with Gasteiger partial charge in [-0.2, -0.15) is 4.98 Å². The van der Waals surface area contributed by atoms with Crippen LogP contribution in [0.2, 0.25) is 5.35 Å². The molecule has 0 aliphatic rings. The van der Waals surface area contributed by atoms with Gasteiger partial charge in [0.2, 0.25) is 0 Å². The molecule has 0 unspecified atom stereocenters. The number of aromatic nitrogens is 1. The summed E-state index contributed by atoms with van der Waals surface area (Å²) in [5.74, 6) is 0. The number of halogens is 2. The van der Waals surface area contributed by atoms with Gasteiger partial charge in [0.05, 0.1) is 0 Å². The molecule has 4 nitrogen and oxygen atoms in total.